The number of aromatic nitrogens is 1. The smallest absolute Gasteiger partial charge is 0.241 e. The summed E-state index contributed by atoms with van der Waals surface area (Å²) in [4.78, 5) is 21.2. The lowest BCUT2D eigenvalue weighted by atomic mass is 10.2. The normalized spacial score (nSPS) is 17.1. The Morgan fingerprint density at radius 1 is 1.23 bits per heavy atom. The fourth-order valence-corrected chi connectivity index (χ4v) is 4.03. The van der Waals surface area contributed by atoms with Crippen LogP contribution in [-0.2, 0) is 14.8 Å². The molecule has 1 aliphatic heterocycles. The molecule has 0 saturated carbocycles. The number of amides is 1. The summed E-state index contributed by atoms with van der Waals surface area (Å²) in [6, 6.07) is 5.53. The van der Waals surface area contributed by atoms with E-state index in [9.17, 15) is 13.2 Å². The fraction of sp³-hybridized carbons (Fsp3) is 0.375. The van der Waals surface area contributed by atoms with E-state index in [1.807, 2.05) is 12.3 Å². The van der Waals surface area contributed by atoms with Gasteiger partial charge in [-0.05, 0) is 31.2 Å². The minimum atomic E-state index is -3.74. The van der Waals surface area contributed by atoms with Gasteiger partial charge < -0.3 is 10.2 Å². The number of rotatable bonds is 5. The van der Waals surface area contributed by atoms with Crippen molar-refractivity contribution in [1.29, 1.82) is 0 Å². The lowest BCUT2D eigenvalue weighted by Crippen LogP contribution is -2.52. The highest BCUT2D eigenvalue weighted by Crippen LogP contribution is 2.20. The summed E-state index contributed by atoms with van der Waals surface area (Å²) in [6.45, 7) is 5.08. The molecule has 0 aliphatic carbocycles. The molecule has 140 valence electrons. The van der Waals surface area contributed by atoms with E-state index < -0.39 is 10.0 Å². The Hall–Kier alpha value is -2.01. The second kappa shape index (κ2) is 7.70. The first kappa shape index (κ1) is 18.8. The van der Waals surface area contributed by atoms with Gasteiger partial charge >= 0.3 is 0 Å². The number of primary sulfonamides is 1. The summed E-state index contributed by atoms with van der Waals surface area (Å²) in [5.41, 5.74) is 0.538. The van der Waals surface area contributed by atoms with Gasteiger partial charge in [0, 0.05) is 43.4 Å². The molecule has 1 aromatic carbocycles. The van der Waals surface area contributed by atoms with Crippen LogP contribution in [0.25, 0.3) is 0 Å². The molecule has 3 N–H and O–H groups in total. The third kappa shape index (κ3) is 4.39. The van der Waals surface area contributed by atoms with Crippen LogP contribution in [0.2, 0.25) is 0 Å². The van der Waals surface area contributed by atoms with E-state index in [-0.39, 0.29) is 16.8 Å². The molecule has 0 radical (unpaired) electrons. The van der Waals surface area contributed by atoms with Crippen LogP contribution in [0.15, 0.2) is 40.7 Å². The van der Waals surface area contributed by atoms with Gasteiger partial charge in [0.2, 0.25) is 15.9 Å². The van der Waals surface area contributed by atoms with Crippen LogP contribution >= 0.6 is 11.3 Å². The fourth-order valence-electron chi connectivity index (χ4n) is 2.81. The largest absolute Gasteiger partial charge is 0.346 e. The number of benzene rings is 1. The summed E-state index contributed by atoms with van der Waals surface area (Å²) < 4.78 is 22.5. The molecule has 0 spiro atoms. The van der Waals surface area contributed by atoms with Crippen LogP contribution in [0.1, 0.15) is 6.92 Å². The van der Waals surface area contributed by atoms with Crippen LogP contribution in [0.3, 0.4) is 0 Å². The molecule has 26 heavy (non-hydrogen) atoms. The molecule has 1 unspecified atom stereocenters. The maximum atomic E-state index is 12.5. The first-order chi connectivity index (χ1) is 12.3. The third-order valence-electron chi connectivity index (χ3n) is 4.38. The first-order valence-corrected chi connectivity index (χ1v) is 10.6. The van der Waals surface area contributed by atoms with Crippen LogP contribution in [0.4, 0.5) is 10.8 Å². The number of hydrogen-bond donors (Lipinski definition) is 2. The number of carbonyl (C=O) groups is 1. The topological polar surface area (TPSA) is 109 Å². The van der Waals surface area contributed by atoms with Crippen LogP contribution in [-0.4, -0.2) is 56.4 Å². The highest BCUT2D eigenvalue weighted by molar-refractivity contribution is 7.89. The zero-order chi connectivity index (χ0) is 18.7. The maximum Gasteiger partial charge on any atom is 0.241 e. The minimum Gasteiger partial charge on any atom is -0.346 e. The molecule has 1 saturated heterocycles. The monoisotopic (exact) mass is 395 g/mol. The molecule has 1 fully saturated rings. The molecule has 2 heterocycles. The summed E-state index contributed by atoms with van der Waals surface area (Å²) in [5.74, 6) is -0.129. The van der Waals surface area contributed by atoms with Crippen molar-refractivity contribution >= 4 is 38.1 Å². The van der Waals surface area contributed by atoms with Crippen molar-refractivity contribution in [3.05, 3.63) is 35.8 Å². The van der Waals surface area contributed by atoms with Gasteiger partial charge in [-0.3, -0.25) is 9.69 Å². The van der Waals surface area contributed by atoms with Crippen molar-refractivity contribution in [3.63, 3.8) is 0 Å². The van der Waals surface area contributed by atoms with Gasteiger partial charge in [-0.25, -0.2) is 18.5 Å². The van der Waals surface area contributed by atoms with Crippen molar-refractivity contribution in [3.8, 4) is 0 Å². The van der Waals surface area contributed by atoms with Gasteiger partial charge in [0.25, 0.3) is 0 Å². The summed E-state index contributed by atoms with van der Waals surface area (Å²) >= 11 is 1.62. The molecule has 10 heteroatoms. The number of nitrogens with two attached hydrogens (primary N) is 1. The maximum absolute atomic E-state index is 12.5. The van der Waals surface area contributed by atoms with E-state index in [2.05, 4.69) is 20.1 Å². The molecule has 8 nitrogen and oxygen atoms in total. The Bertz CT molecular complexity index is 845. The Labute approximate surface area is 156 Å². The standard InChI is InChI=1S/C16H21N5O3S2/c1-12(20-7-9-21(10-8-20)16-18-6-11-25-16)15(22)19-13-2-4-14(5-3-13)26(17,23)24/h2-6,11-12H,7-10H2,1H3,(H,19,22)(H2,17,23,24). The highest BCUT2D eigenvalue weighted by atomic mass is 32.2. The number of nitrogens with zero attached hydrogens (tertiary/aromatic N) is 3. The van der Waals surface area contributed by atoms with E-state index in [0.717, 1.165) is 31.3 Å². The van der Waals surface area contributed by atoms with Gasteiger partial charge in [0.15, 0.2) is 5.13 Å². The molecule has 1 aliphatic rings. The molecule has 2 aromatic rings. The molecular formula is C16H21N5O3S2. The lowest BCUT2D eigenvalue weighted by molar-refractivity contribution is -0.120. The van der Waals surface area contributed by atoms with Gasteiger partial charge in [0.1, 0.15) is 0 Å². The molecular weight excluding hydrogens is 374 g/mol. The average Bonchev–Trinajstić information content (AvgIpc) is 3.15. The van der Waals surface area contributed by atoms with Crippen molar-refractivity contribution in [2.75, 3.05) is 36.4 Å². The number of carbonyl (C=O) groups excluding carboxylic acids is 1. The summed E-state index contributed by atoms with van der Waals surface area (Å²) in [7, 11) is -3.74. The van der Waals surface area contributed by atoms with E-state index in [1.165, 1.54) is 24.3 Å². The minimum absolute atomic E-state index is 0.0156. The number of thiazole rings is 1. The number of nitrogens with one attached hydrogen (secondary N) is 1. The quantitative estimate of drug-likeness (QED) is 0.780. The number of anilines is 2. The zero-order valence-corrected chi connectivity index (χ0v) is 16.0. The van der Waals surface area contributed by atoms with Crippen molar-refractivity contribution in [1.82, 2.24) is 9.88 Å². The van der Waals surface area contributed by atoms with E-state index in [1.54, 1.807) is 17.5 Å². The SMILES string of the molecule is CC(C(=O)Nc1ccc(S(N)(=O)=O)cc1)N1CCN(c2nccs2)CC1. The highest BCUT2D eigenvalue weighted by Gasteiger charge is 2.26. The second-order valence-electron chi connectivity index (χ2n) is 6.07. The summed E-state index contributed by atoms with van der Waals surface area (Å²) in [6.07, 6.45) is 1.80. The number of sulfonamides is 1. The average molecular weight is 396 g/mol. The Morgan fingerprint density at radius 2 is 1.88 bits per heavy atom. The number of hydrogen-bond acceptors (Lipinski definition) is 7. The molecule has 1 amide bonds. The molecule has 3 rings (SSSR count). The van der Waals surface area contributed by atoms with Crippen LogP contribution < -0.4 is 15.4 Å². The first-order valence-electron chi connectivity index (χ1n) is 8.17. The summed E-state index contributed by atoms with van der Waals surface area (Å²) in [5, 5.41) is 10.9. The van der Waals surface area contributed by atoms with E-state index in [0.29, 0.717) is 5.69 Å². The van der Waals surface area contributed by atoms with Crippen molar-refractivity contribution in [2.24, 2.45) is 5.14 Å². The Kier molecular flexibility index (Phi) is 5.56. The van der Waals surface area contributed by atoms with Gasteiger partial charge in [-0.15, -0.1) is 11.3 Å². The predicted octanol–water partition coefficient (Wildman–Crippen LogP) is 0.940. The van der Waals surface area contributed by atoms with Crippen molar-refractivity contribution in [2.45, 2.75) is 17.9 Å². The predicted molar refractivity (Wildman–Crippen MR) is 102 cm³/mol. The van der Waals surface area contributed by atoms with Gasteiger partial charge in [-0.2, -0.15) is 0 Å². The van der Waals surface area contributed by atoms with E-state index in [4.69, 9.17) is 5.14 Å². The Morgan fingerprint density at radius 3 is 2.42 bits per heavy atom. The van der Waals surface area contributed by atoms with Crippen LogP contribution in [0, 0.1) is 0 Å². The van der Waals surface area contributed by atoms with Gasteiger partial charge in [-0.1, -0.05) is 0 Å². The molecule has 0 bridgehead atoms. The third-order valence-corrected chi connectivity index (χ3v) is 6.14. The molecule has 1 aromatic heterocycles. The second-order valence-corrected chi connectivity index (χ2v) is 8.51. The van der Waals surface area contributed by atoms with Gasteiger partial charge in [0.05, 0.1) is 10.9 Å². The Balaban J connectivity index is 1.55. The number of piperazine rings is 1. The van der Waals surface area contributed by atoms with Crippen LogP contribution in [0.5, 0.6) is 0 Å². The zero-order valence-electron chi connectivity index (χ0n) is 14.3. The lowest BCUT2D eigenvalue weighted by Gasteiger charge is -2.37. The van der Waals surface area contributed by atoms with E-state index >= 15 is 0 Å². The van der Waals surface area contributed by atoms with Crippen molar-refractivity contribution < 1.29 is 13.2 Å². The molecule has 1 atom stereocenters.